The number of nitrogens with one attached hydrogen (secondary N) is 2. The molecule has 1 aliphatic carbocycles. The highest BCUT2D eigenvalue weighted by Crippen LogP contribution is 2.41. The van der Waals surface area contributed by atoms with Gasteiger partial charge in [0.2, 0.25) is 10.0 Å². The summed E-state index contributed by atoms with van der Waals surface area (Å²) in [4.78, 5) is 12.7. The lowest BCUT2D eigenvalue weighted by atomic mass is 10.0. The molecule has 6 heteroatoms. The molecule has 0 radical (unpaired) electrons. The van der Waals surface area contributed by atoms with E-state index < -0.39 is 10.0 Å². The summed E-state index contributed by atoms with van der Waals surface area (Å²) >= 11 is 0. The molecule has 5 nitrogen and oxygen atoms in total. The number of carbonyl (C=O) groups excluding carboxylic acids is 1. The smallest absolute Gasteiger partial charge is 0.251 e. The van der Waals surface area contributed by atoms with Gasteiger partial charge in [-0.15, -0.1) is 0 Å². The average molecular weight is 372 g/mol. The van der Waals surface area contributed by atoms with E-state index in [9.17, 15) is 13.2 Å². The maximum absolute atomic E-state index is 12.7. The summed E-state index contributed by atoms with van der Waals surface area (Å²) in [7, 11) is -3.37. The third kappa shape index (κ3) is 4.64. The summed E-state index contributed by atoms with van der Waals surface area (Å²) in [6.07, 6.45) is 2.21. The van der Waals surface area contributed by atoms with E-state index in [0.29, 0.717) is 17.2 Å². The molecule has 1 amide bonds. The Morgan fingerprint density at radius 2 is 1.85 bits per heavy atom. The van der Waals surface area contributed by atoms with Gasteiger partial charge in [0.25, 0.3) is 5.91 Å². The number of sulfonamides is 1. The SMILES string of the molecule is CCS(=O)(=O)Nc1cccc(C(=O)NC(c2ccc(C)cc2)C2CC2)c1. The normalized spacial score (nSPS) is 15.3. The van der Waals surface area contributed by atoms with Crippen molar-refractivity contribution < 1.29 is 13.2 Å². The summed E-state index contributed by atoms with van der Waals surface area (Å²) in [5.41, 5.74) is 3.14. The second kappa shape index (κ2) is 7.50. The van der Waals surface area contributed by atoms with Crippen molar-refractivity contribution in [3.8, 4) is 0 Å². The van der Waals surface area contributed by atoms with Crippen molar-refractivity contribution in [2.75, 3.05) is 10.5 Å². The number of aryl methyl sites for hydroxylation is 1. The lowest BCUT2D eigenvalue weighted by Gasteiger charge is -2.19. The van der Waals surface area contributed by atoms with Crippen LogP contribution in [-0.2, 0) is 10.0 Å². The first-order valence-corrected chi connectivity index (χ1v) is 10.5. The molecule has 2 N–H and O–H groups in total. The highest BCUT2D eigenvalue weighted by atomic mass is 32.2. The molecule has 0 spiro atoms. The van der Waals surface area contributed by atoms with E-state index in [-0.39, 0.29) is 17.7 Å². The maximum Gasteiger partial charge on any atom is 0.251 e. The van der Waals surface area contributed by atoms with Crippen molar-refractivity contribution in [1.29, 1.82) is 0 Å². The van der Waals surface area contributed by atoms with Crippen LogP contribution in [0.3, 0.4) is 0 Å². The zero-order valence-electron chi connectivity index (χ0n) is 15.0. The molecule has 26 heavy (non-hydrogen) atoms. The quantitative estimate of drug-likeness (QED) is 0.779. The Balaban J connectivity index is 1.77. The first-order chi connectivity index (χ1) is 12.4. The Labute approximate surface area is 154 Å². The van der Waals surface area contributed by atoms with E-state index in [0.717, 1.165) is 18.4 Å². The molecule has 1 aliphatic rings. The monoisotopic (exact) mass is 372 g/mol. The highest BCUT2D eigenvalue weighted by molar-refractivity contribution is 7.92. The van der Waals surface area contributed by atoms with Crippen LogP contribution in [0.4, 0.5) is 5.69 Å². The van der Waals surface area contributed by atoms with Crippen LogP contribution in [-0.4, -0.2) is 20.1 Å². The molecule has 2 aromatic carbocycles. The summed E-state index contributed by atoms with van der Waals surface area (Å²) < 4.78 is 25.9. The van der Waals surface area contributed by atoms with Crippen molar-refractivity contribution in [3.05, 3.63) is 65.2 Å². The molecule has 2 aromatic rings. The molecule has 0 aromatic heterocycles. The second-order valence-electron chi connectivity index (χ2n) is 6.79. The summed E-state index contributed by atoms with van der Waals surface area (Å²) in [6, 6.07) is 14.8. The van der Waals surface area contributed by atoms with Crippen LogP contribution < -0.4 is 10.0 Å². The molecule has 1 saturated carbocycles. The Bertz CT molecular complexity index is 888. The number of hydrogen-bond donors (Lipinski definition) is 2. The van der Waals surface area contributed by atoms with Gasteiger partial charge in [-0.05, 0) is 56.4 Å². The highest BCUT2D eigenvalue weighted by Gasteiger charge is 2.33. The molecule has 3 rings (SSSR count). The number of hydrogen-bond acceptors (Lipinski definition) is 3. The van der Waals surface area contributed by atoms with Gasteiger partial charge in [0, 0.05) is 11.3 Å². The first-order valence-electron chi connectivity index (χ1n) is 8.86. The number of carbonyl (C=O) groups is 1. The number of anilines is 1. The Morgan fingerprint density at radius 1 is 1.15 bits per heavy atom. The molecule has 1 atom stereocenters. The van der Waals surface area contributed by atoms with Crippen molar-refractivity contribution in [1.82, 2.24) is 5.32 Å². The molecule has 0 saturated heterocycles. The van der Waals surface area contributed by atoms with E-state index in [1.807, 2.05) is 6.92 Å². The van der Waals surface area contributed by atoms with Crippen molar-refractivity contribution in [2.45, 2.75) is 32.7 Å². The van der Waals surface area contributed by atoms with Crippen molar-refractivity contribution in [2.24, 2.45) is 5.92 Å². The van der Waals surface area contributed by atoms with E-state index >= 15 is 0 Å². The molecule has 1 unspecified atom stereocenters. The van der Waals surface area contributed by atoms with E-state index in [4.69, 9.17) is 0 Å². The van der Waals surface area contributed by atoms with Crippen LogP contribution in [0.1, 0.15) is 47.3 Å². The second-order valence-corrected chi connectivity index (χ2v) is 8.80. The van der Waals surface area contributed by atoms with Crippen LogP contribution >= 0.6 is 0 Å². The maximum atomic E-state index is 12.7. The zero-order valence-corrected chi connectivity index (χ0v) is 15.8. The molecule has 0 aliphatic heterocycles. The van der Waals surface area contributed by atoms with Crippen LogP contribution in [0.2, 0.25) is 0 Å². The van der Waals surface area contributed by atoms with Gasteiger partial charge in [0.15, 0.2) is 0 Å². The molecule has 1 fully saturated rings. The number of rotatable bonds is 7. The van der Waals surface area contributed by atoms with Crippen molar-refractivity contribution >= 4 is 21.6 Å². The van der Waals surface area contributed by atoms with Gasteiger partial charge in [0.1, 0.15) is 0 Å². The van der Waals surface area contributed by atoms with Crippen LogP contribution in [0, 0.1) is 12.8 Å². The summed E-state index contributed by atoms with van der Waals surface area (Å²) in [6.45, 7) is 3.61. The lowest BCUT2D eigenvalue weighted by molar-refractivity contribution is 0.0931. The van der Waals surface area contributed by atoms with Gasteiger partial charge in [-0.25, -0.2) is 8.42 Å². The topological polar surface area (TPSA) is 75.3 Å². The van der Waals surface area contributed by atoms with Crippen molar-refractivity contribution in [3.63, 3.8) is 0 Å². The van der Waals surface area contributed by atoms with Gasteiger partial charge in [-0.2, -0.15) is 0 Å². The summed E-state index contributed by atoms with van der Waals surface area (Å²) in [5.74, 6) is 0.254. The molecule has 0 bridgehead atoms. The standard InChI is InChI=1S/C20H24N2O3S/c1-3-26(24,25)22-18-6-4-5-17(13-18)20(23)21-19(16-11-12-16)15-9-7-14(2)8-10-15/h4-10,13,16,19,22H,3,11-12H2,1-2H3,(H,21,23). The number of amides is 1. The van der Waals surface area contributed by atoms with Crippen LogP contribution in [0.5, 0.6) is 0 Å². The number of benzene rings is 2. The van der Waals surface area contributed by atoms with Gasteiger partial charge >= 0.3 is 0 Å². The summed E-state index contributed by atoms with van der Waals surface area (Å²) in [5, 5.41) is 3.12. The minimum absolute atomic E-state index is 0.0133. The fourth-order valence-corrected chi connectivity index (χ4v) is 3.51. The molecular formula is C20H24N2O3S. The van der Waals surface area contributed by atoms with Crippen LogP contribution in [0.25, 0.3) is 0 Å². The van der Waals surface area contributed by atoms with E-state index in [1.54, 1.807) is 31.2 Å². The third-order valence-electron chi connectivity index (χ3n) is 4.59. The zero-order chi connectivity index (χ0) is 18.7. The fraction of sp³-hybridized carbons (Fsp3) is 0.350. The van der Waals surface area contributed by atoms with Gasteiger partial charge in [0.05, 0.1) is 11.8 Å². The molecular weight excluding hydrogens is 348 g/mol. The van der Waals surface area contributed by atoms with E-state index in [1.165, 1.54) is 5.56 Å². The van der Waals surface area contributed by atoms with Crippen LogP contribution in [0.15, 0.2) is 48.5 Å². The largest absolute Gasteiger partial charge is 0.345 e. The van der Waals surface area contributed by atoms with Gasteiger partial charge in [-0.3, -0.25) is 9.52 Å². The minimum atomic E-state index is -3.37. The Hall–Kier alpha value is -2.34. The fourth-order valence-electron chi connectivity index (χ4n) is 2.88. The average Bonchev–Trinajstić information content (AvgIpc) is 3.45. The first kappa shape index (κ1) is 18.5. The predicted octanol–water partition coefficient (Wildman–Crippen LogP) is 3.64. The molecule has 138 valence electrons. The van der Waals surface area contributed by atoms with Gasteiger partial charge < -0.3 is 5.32 Å². The molecule has 0 heterocycles. The Kier molecular flexibility index (Phi) is 5.32. The van der Waals surface area contributed by atoms with E-state index in [2.05, 4.69) is 34.3 Å². The lowest BCUT2D eigenvalue weighted by Crippen LogP contribution is -2.30. The minimum Gasteiger partial charge on any atom is -0.345 e. The Morgan fingerprint density at radius 3 is 2.46 bits per heavy atom. The van der Waals surface area contributed by atoms with Gasteiger partial charge in [-0.1, -0.05) is 35.9 Å². The third-order valence-corrected chi connectivity index (χ3v) is 5.90. The predicted molar refractivity (Wildman–Crippen MR) is 104 cm³/mol.